The summed E-state index contributed by atoms with van der Waals surface area (Å²) < 4.78 is 40.7. The zero-order valence-corrected chi connectivity index (χ0v) is 16.5. The Morgan fingerprint density at radius 1 is 1.25 bits per heavy atom. The van der Waals surface area contributed by atoms with Crippen LogP contribution in [-0.4, -0.2) is 54.4 Å². The Balaban J connectivity index is 1.57. The van der Waals surface area contributed by atoms with Crippen LogP contribution in [0.15, 0.2) is 6.07 Å². The van der Waals surface area contributed by atoms with Gasteiger partial charge in [0.05, 0.1) is 17.8 Å². The summed E-state index contributed by atoms with van der Waals surface area (Å²) in [4.78, 5) is 16.2. The Morgan fingerprint density at radius 2 is 1.89 bits per heavy atom. The lowest BCUT2D eigenvalue weighted by molar-refractivity contribution is 0.0123. The van der Waals surface area contributed by atoms with Crippen LogP contribution in [0.4, 0.5) is 19.3 Å². The van der Waals surface area contributed by atoms with E-state index in [4.69, 9.17) is 15.2 Å². The zero-order valence-electron chi connectivity index (χ0n) is 16.5. The number of hydrogen-bond donors (Lipinski definition) is 1. The molecule has 0 spiro atoms. The van der Waals surface area contributed by atoms with Crippen LogP contribution in [0.5, 0.6) is 5.75 Å². The Bertz CT molecular complexity index is 782. The second kappa shape index (κ2) is 6.76. The van der Waals surface area contributed by atoms with Gasteiger partial charge in [-0.3, -0.25) is 4.90 Å². The molecule has 2 bridgehead atoms. The van der Waals surface area contributed by atoms with Gasteiger partial charge in [-0.25, -0.2) is 13.6 Å². The second-order valence-electron chi connectivity index (χ2n) is 8.95. The maximum absolute atomic E-state index is 15.1. The van der Waals surface area contributed by atoms with Crippen LogP contribution in [0.2, 0.25) is 0 Å². The van der Waals surface area contributed by atoms with E-state index in [-0.39, 0.29) is 54.2 Å². The number of nitrogens with zero attached hydrogens (tertiary/aromatic N) is 2. The van der Waals surface area contributed by atoms with Gasteiger partial charge in [0.2, 0.25) is 0 Å². The summed E-state index contributed by atoms with van der Waals surface area (Å²) in [5, 5.41) is 0. The third-order valence-electron chi connectivity index (χ3n) is 5.59. The number of hydrogen-bond acceptors (Lipinski definition) is 5. The highest BCUT2D eigenvalue weighted by atomic mass is 19.1. The predicted octanol–water partition coefficient (Wildman–Crippen LogP) is 2.82. The smallest absolute Gasteiger partial charge is 0.410 e. The molecule has 3 aliphatic rings. The molecule has 0 saturated carbocycles. The van der Waals surface area contributed by atoms with Crippen molar-refractivity contribution in [1.29, 1.82) is 0 Å². The van der Waals surface area contributed by atoms with Crippen molar-refractivity contribution in [3.8, 4) is 5.75 Å². The van der Waals surface area contributed by atoms with Crippen LogP contribution in [0.25, 0.3) is 0 Å². The highest BCUT2D eigenvalue weighted by molar-refractivity contribution is 5.70. The minimum Gasteiger partial charge on any atom is -0.488 e. The highest BCUT2D eigenvalue weighted by Crippen LogP contribution is 2.40. The van der Waals surface area contributed by atoms with Gasteiger partial charge in [0.15, 0.2) is 11.6 Å². The number of fused-ring (bicyclic) bond motifs is 3. The number of piperazine rings is 1. The average Bonchev–Trinajstić information content (AvgIpc) is 2.87. The van der Waals surface area contributed by atoms with Crippen LogP contribution in [0, 0.1) is 11.6 Å². The summed E-state index contributed by atoms with van der Waals surface area (Å²) in [6, 6.07) is 0.737. The molecule has 6 nitrogen and oxygen atoms in total. The minimum absolute atomic E-state index is 0.0291. The van der Waals surface area contributed by atoms with E-state index >= 15 is 4.39 Å². The third-order valence-corrected chi connectivity index (χ3v) is 5.59. The van der Waals surface area contributed by atoms with Crippen molar-refractivity contribution in [1.82, 2.24) is 4.90 Å². The van der Waals surface area contributed by atoms with Crippen molar-refractivity contribution in [2.24, 2.45) is 5.73 Å². The molecular weight excluding hydrogens is 368 g/mol. The number of ether oxygens (including phenoxy) is 2. The lowest BCUT2D eigenvalue weighted by atomic mass is 10.0. The molecule has 2 saturated heterocycles. The van der Waals surface area contributed by atoms with Gasteiger partial charge in [-0.2, -0.15) is 0 Å². The maximum Gasteiger partial charge on any atom is 0.410 e. The van der Waals surface area contributed by atoms with Gasteiger partial charge < -0.3 is 20.1 Å². The van der Waals surface area contributed by atoms with Gasteiger partial charge in [0, 0.05) is 30.8 Å². The Kier molecular flexibility index (Phi) is 4.64. The molecule has 3 aliphatic heterocycles. The molecular formula is C20H27F2N3O3. The molecule has 2 unspecified atom stereocenters. The molecule has 154 valence electrons. The van der Waals surface area contributed by atoms with E-state index in [2.05, 4.69) is 0 Å². The quantitative estimate of drug-likeness (QED) is 0.792. The zero-order chi connectivity index (χ0) is 20.2. The topological polar surface area (TPSA) is 68.0 Å². The summed E-state index contributed by atoms with van der Waals surface area (Å²) in [6.07, 6.45) is 1.56. The van der Waals surface area contributed by atoms with Crippen LogP contribution in [0.3, 0.4) is 0 Å². The fraction of sp³-hybridized carbons (Fsp3) is 0.650. The summed E-state index contributed by atoms with van der Waals surface area (Å²) in [5.41, 5.74) is 5.63. The molecule has 2 N–H and O–H groups in total. The van der Waals surface area contributed by atoms with Gasteiger partial charge in [0.25, 0.3) is 0 Å². The van der Waals surface area contributed by atoms with E-state index in [1.807, 2.05) is 25.7 Å². The fourth-order valence-corrected chi connectivity index (χ4v) is 4.42. The average molecular weight is 395 g/mol. The molecule has 1 aromatic carbocycles. The van der Waals surface area contributed by atoms with Crippen LogP contribution < -0.4 is 15.4 Å². The van der Waals surface area contributed by atoms with Gasteiger partial charge >= 0.3 is 6.09 Å². The molecule has 1 amide bonds. The largest absolute Gasteiger partial charge is 0.488 e. The van der Waals surface area contributed by atoms with E-state index in [0.717, 1.165) is 12.8 Å². The van der Waals surface area contributed by atoms with Crippen LogP contribution in [0.1, 0.15) is 39.2 Å². The first-order valence-electron chi connectivity index (χ1n) is 9.79. The van der Waals surface area contributed by atoms with E-state index in [0.29, 0.717) is 13.1 Å². The second-order valence-corrected chi connectivity index (χ2v) is 8.95. The number of benzene rings is 1. The molecule has 3 atom stereocenters. The van der Waals surface area contributed by atoms with Crippen molar-refractivity contribution in [3.63, 3.8) is 0 Å². The monoisotopic (exact) mass is 395 g/mol. The molecule has 0 aromatic heterocycles. The van der Waals surface area contributed by atoms with Crippen LogP contribution >= 0.6 is 0 Å². The van der Waals surface area contributed by atoms with Crippen molar-refractivity contribution >= 4 is 11.8 Å². The first-order chi connectivity index (χ1) is 13.1. The number of halogens is 2. The van der Waals surface area contributed by atoms with Crippen molar-refractivity contribution < 1.29 is 23.0 Å². The normalized spacial score (nSPS) is 26.7. The molecule has 28 heavy (non-hydrogen) atoms. The molecule has 0 radical (unpaired) electrons. The summed E-state index contributed by atoms with van der Waals surface area (Å²) in [6.45, 7) is 6.54. The van der Waals surface area contributed by atoms with Crippen molar-refractivity contribution in [2.75, 3.05) is 24.6 Å². The van der Waals surface area contributed by atoms with Crippen molar-refractivity contribution in [2.45, 2.75) is 63.8 Å². The van der Waals surface area contributed by atoms with Crippen LogP contribution in [-0.2, 0) is 11.2 Å². The first-order valence-corrected chi connectivity index (χ1v) is 9.79. The predicted molar refractivity (Wildman–Crippen MR) is 101 cm³/mol. The Hall–Kier alpha value is -2.09. The molecule has 4 rings (SSSR count). The first kappa shape index (κ1) is 19.2. The molecule has 3 heterocycles. The van der Waals surface area contributed by atoms with E-state index in [1.54, 1.807) is 4.90 Å². The Morgan fingerprint density at radius 3 is 2.50 bits per heavy atom. The lowest BCUT2D eigenvalue weighted by Crippen LogP contribution is -2.57. The van der Waals surface area contributed by atoms with Gasteiger partial charge in [-0.1, -0.05) is 0 Å². The highest BCUT2D eigenvalue weighted by Gasteiger charge is 2.45. The maximum atomic E-state index is 15.1. The molecule has 0 aliphatic carbocycles. The lowest BCUT2D eigenvalue weighted by Gasteiger charge is -2.42. The third kappa shape index (κ3) is 3.38. The van der Waals surface area contributed by atoms with Gasteiger partial charge in [0.1, 0.15) is 18.0 Å². The van der Waals surface area contributed by atoms with E-state index in [1.165, 1.54) is 6.07 Å². The van der Waals surface area contributed by atoms with E-state index < -0.39 is 17.2 Å². The molecule has 2 fully saturated rings. The number of amides is 1. The van der Waals surface area contributed by atoms with E-state index in [9.17, 15) is 9.18 Å². The van der Waals surface area contributed by atoms with Gasteiger partial charge in [-0.05, 0) is 40.0 Å². The Labute approximate surface area is 163 Å². The number of carbonyl (C=O) groups is 1. The fourth-order valence-electron chi connectivity index (χ4n) is 4.42. The number of carbonyl (C=O) groups excluding carboxylic acids is 1. The summed E-state index contributed by atoms with van der Waals surface area (Å²) >= 11 is 0. The summed E-state index contributed by atoms with van der Waals surface area (Å²) in [5.74, 6) is -1.07. The van der Waals surface area contributed by atoms with Crippen molar-refractivity contribution in [3.05, 3.63) is 23.3 Å². The SMILES string of the molecule is CC(C)(C)OC(=O)N1C2CCC1CN(c1cc(F)c3c(c1F)OC[C@@H](N)C3)C2. The minimum atomic E-state index is -0.570. The number of rotatable bonds is 1. The standard InChI is InChI=1S/C20H27F2N3O3/c1-20(2,3)28-19(26)25-12-4-5-13(25)9-24(8-12)16-7-15(21)14-6-11(23)10-27-18(14)17(16)22/h7,11-13H,4-6,8-10,23H2,1-3H3/t11-,12?,13?/m0/s1. The number of anilines is 1. The van der Waals surface area contributed by atoms with Gasteiger partial charge in [-0.15, -0.1) is 0 Å². The molecule has 1 aromatic rings. The summed E-state index contributed by atoms with van der Waals surface area (Å²) in [7, 11) is 0. The number of nitrogens with two attached hydrogens (primary N) is 1. The molecule has 8 heteroatoms.